The SMILES string of the molecule is CCOC(=O)c1occ2cc(N3CCNCC3)ccc12. The van der Waals surface area contributed by atoms with Crippen LogP contribution in [-0.2, 0) is 4.74 Å². The monoisotopic (exact) mass is 274 g/mol. The number of esters is 1. The largest absolute Gasteiger partial charge is 0.460 e. The number of ether oxygens (including phenoxy) is 1. The van der Waals surface area contributed by atoms with Gasteiger partial charge in [0.1, 0.15) is 0 Å². The van der Waals surface area contributed by atoms with Gasteiger partial charge in [-0.1, -0.05) is 0 Å². The molecule has 0 aliphatic carbocycles. The number of carbonyl (C=O) groups excluding carboxylic acids is 1. The van der Waals surface area contributed by atoms with E-state index in [0.29, 0.717) is 6.61 Å². The summed E-state index contributed by atoms with van der Waals surface area (Å²) in [5.74, 6) is -0.119. The van der Waals surface area contributed by atoms with Crippen LogP contribution in [0.2, 0.25) is 0 Å². The maximum Gasteiger partial charge on any atom is 0.374 e. The normalized spacial score (nSPS) is 15.6. The number of furan rings is 1. The summed E-state index contributed by atoms with van der Waals surface area (Å²) in [6.07, 6.45) is 1.62. The third-order valence-corrected chi connectivity index (χ3v) is 3.53. The van der Waals surface area contributed by atoms with E-state index in [1.165, 1.54) is 0 Å². The Morgan fingerprint density at radius 2 is 2.20 bits per heavy atom. The second kappa shape index (κ2) is 5.54. The molecule has 1 fully saturated rings. The number of nitrogens with zero attached hydrogens (tertiary/aromatic N) is 1. The van der Waals surface area contributed by atoms with Crippen molar-refractivity contribution in [2.75, 3.05) is 37.7 Å². The number of fused-ring (bicyclic) bond motifs is 1. The molecule has 1 saturated heterocycles. The third-order valence-electron chi connectivity index (χ3n) is 3.53. The quantitative estimate of drug-likeness (QED) is 0.868. The molecule has 3 rings (SSSR count). The third kappa shape index (κ3) is 2.36. The second-order valence-electron chi connectivity index (χ2n) is 4.79. The van der Waals surface area contributed by atoms with Gasteiger partial charge in [0.25, 0.3) is 0 Å². The van der Waals surface area contributed by atoms with Crippen LogP contribution >= 0.6 is 0 Å². The molecular formula is C15H18N2O3. The van der Waals surface area contributed by atoms with Crippen molar-refractivity contribution in [2.24, 2.45) is 0 Å². The molecule has 0 unspecified atom stereocenters. The highest BCUT2D eigenvalue weighted by Gasteiger charge is 2.17. The summed E-state index contributed by atoms with van der Waals surface area (Å²) in [4.78, 5) is 14.1. The Morgan fingerprint density at radius 1 is 1.40 bits per heavy atom. The lowest BCUT2D eigenvalue weighted by Gasteiger charge is -2.29. The predicted molar refractivity (Wildman–Crippen MR) is 77.3 cm³/mol. The van der Waals surface area contributed by atoms with Crippen molar-refractivity contribution in [1.82, 2.24) is 5.32 Å². The Bertz CT molecular complexity index is 615. The molecule has 1 N–H and O–H groups in total. The molecule has 0 radical (unpaired) electrons. The van der Waals surface area contributed by atoms with Crippen LogP contribution in [0.3, 0.4) is 0 Å². The van der Waals surface area contributed by atoms with Gasteiger partial charge in [-0.15, -0.1) is 0 Å². The van der Waals surface area contributed by atoms with Crippen LogP contribution in [0.15, 0.2) is 28.9 Å². The molecule has 0 spiro atoms. The molecule has 1 aromatic carbocycles. The number of nitrogens with one attached hydrogen (secondary N) is 1. The molecule has 20 heavy (non-hydrogen) atoms. The first kappa shape index (κ1) is 13.0. The summed E-state index contributed by atoms with van der Waals surface area (Å²) < 4.78 is 10.4. The highest BCUT2D eigenvalue weighted by atomic mass is 16.5. The number of benzene rings is 1. The van der Waals surface area contributed by atoms with Gasteiger partial charge in [-0.25, -0.2) is 4.79 Å². The summed E-state index contributed by atoms with van der Waals surface area (Å²) in [7, 11) is 0. The van der Waals surface area contributed by atoms with Gasteiger partial charge >= 0.3 is 5.97 Å². The molecule has 5 heteroatoms. The van der Waals surface area contributed by atoms with Gasteiger partial charge in [0.2, 0.25) is 5.76 Å². The minimum Gasteiger partial charge on any atom is -0.460 e. The van der Waals surface area contributed by atoms with E-state index in [4.69, 9.17) is 9.15 Å². The topological polar surface area (TPSA) is 54.7 Å². The maximum atomic E-state index is 11.8. The zero-order valence-electron chi connectivity index (χ0n) is 11.5. The van der Waals surface area contributed by atoms with E-state index in [-0.39, 0.29) is 5.76 Å². The number of piperazine rings is 1. The fourth-order valence-electron chi connectivity index (χ4n) is 2.51. The lowest BCUT2D eigenvalue weighted by molar-refractivity contribution is 0.0493. The van der Waals surface area contributed by atoms with E-state index in [1.54, 1.807) is 13.2 Å². The van der Waals surface area contributed by atoms with Gasteiger partial charge in [0.15, 0.2) is 0 Å². The van der Waals surface area contributed by atoms with Crippen molar-refractivity contribution < 1.29 is 13.9 Å². The van der Waals surface area contributed by atoms with E-state index in [2.05, 4.69) is 16.3 Å². The molecule has 1 aromatic heterocycles. The van der Waals surface area contributed by atoms with Crippen LogP contribution in [0.1, 0.15) is 17.5 Å². The zero-order chi connectivity index (χ0) is 13.9. The minimum atomic E-state index is -0.405. The number of rotatable bonds is 3. The highest BCUT2D eigenvalue weighted by molar-refractivity contribution is 6.03. The van der Waals surface area contributed by atoms with Gasteiger partial charge < -0.3 is 19.4 Å². The molecule has 0 amide bonds. The number of anilines is 1. The molecule has 2 heterocycles. The summed E-state index contributed by atoms with van der Waals surface area (Å²) >= 11 is 0. The Kier molecular flexibility index (Phi) is 3.60. The van der Waals surface area contributed by atoms with Crippen LogP contribution in [0.5, 0.6) is 0 Å². The van der Waals surface area contributed by atoms with Crippen LogP contribution in [0.25, 0.3) is 10.8 Å². The van der Waals surface area contributed by atoms with Crippen LogP contribution in [-0.4, -0.2) is 38.8 Å². The van der Waals surface area contributed by atoms with Crippen molar-refractivity contribution in [3.63, 3.8) is 0 Å². The summed E-state index contributed by atoms with van der Waals surface area (Å²) in [6.45, 7) is 6.11. The number of hydrogen-bond donors (Lipinski definition) is 1. The molecule has 0 atom stereocenters. The Labute approximate surface area is 117 Å². The van der Waals surface area contributed by atoms with Gasteiger partial charge in [0.05, 0.1) is 12.9 Å². The van der Waals surface area contributed by atoms with Crippen LogP contribution < -0.4 is 10.2 Å². The van der Waals surface area contributed by atoms with Crippen LogP contribution in [0.4, 0.5) is 5.69 Å². The number of carbonyl (C=O) groups is 1. The van der Waals surface area contributed by atoms with E-state index >= 15 is 0 Å². The van der Waals surface area contributed by atoms with Gasteiger partial charge in [0, 0.05) is 42.6 Å². The Hall–Kier alpha value is -2.01. The van der Waals surface area contributed by atoms with Crippen molar-refractivity contribution >= 4 is 22.4 Å². The molecule has 5 nitrogen and oxygen atoms in total. The number of hydrogen-bond acceptors (Lipinski definition) is 5. The average Bonchev–Trinajstić information content (AvgIpc) is 2.91. The van der Waals surface area contributed by atoms with Crippen molar-refractivity contribution in [1.29, 1.82) is 0 Å². The zero-order valence-corrected chi connectivity index (χ0v) is 11.5. The fourth-order valence-corrected chi connectivity index (χ4v) is 2.51. The average molecular weight is 274 g/mol. The van der Waals surface area contributed by atoms with Gasteiger partial charge in [-0.3, -0.25) is 0 Å². The molecule has 1 aliphatic rings. The Balaban J connectivity index is 1.91. The first-order valence-corrected chi connectivity index (χ1v) is 6.93. The molecule has 2 aromatic rings. The second-order valence-corrected chi connectivity index (χ2v) is 4.79. The summed E-state index contributed by atoms with van der Waals surface area (Å²) in [5, 5.41) is 5.08. The standard InChI is InChI=1S/C15H18N2O3/c1-2-19-15(18)14-13-4-3-12(9-11(13)10-20-14)17-7-5-16-6-8-17/h3-4,9-10,16H,2,5-8H2,1H3. The lowest BCUT2D eigenvalue weighted by Crippen LogP contribution is -2.43. The van der Waals surface area contributed by atoms with Gasteiger partial charge in [-0.05, 0) is 25.1 Å². The molecule has 0 saturated carbocycles. The smallest absolute Gasteiger partial charge is 0.374 e. The van der Waals surface area contributed by atoms with Gasteiger partial charge in [-0.2, -0.15) is 0 Å². The molecular weight excluding hydrogens is 256 g/mol. The summed E-state index contributed by atoms with van der Waals surface area (Å²) in [5.41, 5.74) is 1.16. The van der Waals surface area contributed by atoms with Crippen LogP contribution in [0, 0.1) is 0 Å². The van der Waals surface area contributed by atoms with Crippen molar-refractivity contribution in [3.8, 4) is 0 Å². The fraction of sp³-hybridized carbons (Fsp3) is 0.400. The predicted octanol–water partition coefficient (Wildman–Crippen LogP) is 2.02. The van der Waals surface area contributed by atoms with Crippen molar-refractivity contribution in [2.45, 2.75) is 6.92 Å². The maximum absolute atomic E-state index is 11.8. The first-order chi connectivity index (χ1) is 9.79. The molecule has 1 aliphatic heterocycles. The summed E-state index contributed by atoms with van der Waals surface area (Å²) in [6, 6.07) is 6.03. The molecule has 0 bridgehead atoms. The minimum absolute atomic E-state index is 0.286. The van der Waals surface area contributed by atoms with E-state index in [9.17, 15) is 4.79 Å². The molecule has 106 valence electrons. The van der Waals surface area contributed by atoms with E-state index < -0.39 is 5.97 Å². The first-order valence-electron chi connectivity index (χ1n) is 6.93. The Morgan fingerprint density at radius 3 is 2.95 bits per heavy atom. The lowest BCUT2D eigenvalue weighted by atomic mass is 10.1. The highest BCUT2D eigenvalue weighted by Crippen LogP contribution is 2.27. The van der Waals surface area contributed by atoms with E-state index in [0.717, 1.165) is 42.6 Å². The van der Waals surface area contributed by atoms with E-state index in [1.807, 2.05) is 12.1 Å². The van der Waals surface area contributed by atoms with Crippen molar-refractivity contribution in [3.05, 3.63) is 30.2 Å².